The highest BCUT2D eigenvalue weighted by Crippen LogP contribution is 2.26. The van der Waals surface area contributed by atoms with Crippen LogP contribution in [0.5, 0.6) is 0 Å². The number of hydrogen-bond acceptors (Lipinski definition) is 2. The highest BCUT2D eigenvalue weighted by Gasteiger charge is 2.17. The van der Waals surface area contributed by atoms with Crippen molar-refractivity contribution in [2.45, 2.75) is 70.1 Å². The van der Waals surface area contributed by atoms with E-state index in [0.29, 0.717) is 4.90 Å². The van der Waals surface area contributed by atoms with Crippen LogP contribution in [-0.4, -0.2) is 8.42 Å². The van der Waals surface area contributed by atoms with Gasteiger partial charge in [-0.1, -0.05) is 51.7 Å². The zero-order valence-electron chi connectivity index (χ0n) is 12.5. The number of rotatable bonds is 9. The molecular formula is C16H25ClO2S. The number of aryl methyl sites for hydroxylation is 1. The summed E-state index contributed by atoms with van der Waals surface area (Å²) in [7, 11) is 1.93. The second kappa shape index (κ2) is 8.68. The van der Waals surface area contributed by atoms with E-state index in [0.717, 1.165) is 49.7 Å². The van der Waals surface area contributed by atoms with Crippen LogP contribution in [0.4, 0.5) is 0 Å². The Balaban J connectivity index is 3.02. The Morgan fingerprint density at radius 2 is 1.55 bits per heavy atom. The number of unbranched alkanes of at least 4 members (excludes halogenated alkanes) is 4. The molecule has 0 amide bonds. The summed E-state index contributed by atoms with van der Waals surface area (Å²) >= 11 is 0. The van der Waals surface area contributed by atoms with Crippen LogP contribution in [0.15, 0.2) is 23.1 Å². The van der Waals surface area contributed by atoms with Crippen molar-refractivity contribution in [1.82, 2.24) is 0 Å². The molecule has 0 radical (unpaired) electrons. The molecule has 1 rings (SSSR count). The van der Waals surface area contributed by atoms with E-state index >= 15 is 0 Å². The molecule has 0 saturated carbocycles. The highest BCUT2D eigenvalue weighted by atomic mass is 35.7. The molecule has 0 fully saturated rings. The minimum Gasteiger partial charge on any atom is -0.207 e. The lowest BCUT2D eigenvalue weighted by molar-refractivity contribution is 0.606. The van der Waals surface area contributed by atoms with Crippen molar-refractivity contribution in [3.8, 4) is 0 Å². The Kier molecular flexibility index (Phi) is 7.60. The second-order valence-corrected chi connectivity index (χ2v) is 7.78. The van der Waals surface area contributed by atoms with Crippen LogP contribution in [0.1, 0.15) is 63.5 Å². The fourth-order valence-corrected chi connectivity index (χ4v) is 3.68. The van der Waals surface area contributed by atoms with Gasteiger partial charge in [0, 0.05) is 10.7 Å². The molecule has 0 aliphatic carbocycles. The van der Waals surface area contributed by atoms with E-state index in [1.54, 1.807) is 12.1 Å². The maximum Gasteiger partial charge on any atom is 0.261 e. The summed E-state index contributed by atoms with van der Waals surface area (Å²) in [5, 5.41) is 0. The number of hydrogen-bond donors (Lipinski definition) is 0. The summed E-state index contributed by atoms with van der Waals surface area (Å²) in [6.45, 7) is 4.31. The zero-order chi connectivity index (χ0) is 15.0. The molecule has 20 heavy (non-hydrogen) atoms. The van der Waals surface area contributed by atoms with Gasteiger partial charge >= 0.3 is 0 Å². The fourth-order valence-electron chi connectivity index (χ4n) is 2.47. The van der Waals surface area contributed by atoms with Crippen LogP contribution in [-0.2, 0) is 21.9 Å². The first kappa shape index (κ1) is 17.5. The lowest BCUT2D eigenvalue weighted by Crippen LogP contribution is -2.03. The molecule has 2 nitrogen and oxygen atoms in total. The van der Waals surface area contributed by atoms with E-state index in [1.165, 1.54) is 12.8 Å². The fraction of sp³-hybridized carbons (Fsp3) is 0.625. The Morgan fingerprint density at radius 1 is 0.950 bits per heavy atom. The first-order chi connectivity index (χ1) is 9.50. The van der Waals surface area contributed by atoms with Crippen LogP contribution < -0.4 is 0 Å². The van der Waals surface area contributed by atoms with Gasteiger partial charge in [0.05, 0.1) is 4.90 Å². The quantitative estimate of drug-likeness (QED) is 0.470. The third-order valence-electron chi connectivity index (χ3n) is 3.57. The van der Waals surface area contributed by atoms with Crippen molar-refractivity contribution in [3.63, 3.8) is 0 Å². The van der Waals surface area contributed by atoms with Crippen LogP contribution in [0.3, 0.4) is 0 Å². The molecule has 0 aromatic heterocycles. The molecule has 0 heterocycles. The minimum atomic E-state index is -3.65. The van der Waals surface area contributed by atoms with Gasteiger partial charge < -0.3 is 0 Å². The number of benzene rings is 1. The zero-order valence-corrected chi connectivity index (χ0v) is 14.1. The van der Waals surface area contributed by atoms with Crippen molar-refractivity contribution >= 4 is 19.7 Å². The molecule has 0 unspecified atom stereocenters. The molecule has 4 heteroatoms. The molecule has 0 spiro atoms. The van der Waals surface area contributed by atoms with Gasteiger partial charge in [-0.05, 0) is 42.9 Å². The Morgan fingerprint density at radius 3 is 2.10 bits per heavy atom. The summed E-state index contributed by atoms with van der Waals surface area (Å²) in [5.74, 6) is 0. The van der Waals surface area contributed by atoms with Crippen molar-refractivity contribution in [1.29, 1.82) is 0 Å². The lowest BCUT2D eigenvalue weighted by atomic mass is 9.97. The normalized spacial score (nSPS) is 11.8. The average Bonchev–Trinajstić information content (AvgIpc) is 2.39. The summed E-state index contributed by atoms with van der Waals surface area (Å²) in [4.78, 5) is 0.310. The second-order valence-electron chi connectivity index (χ2n) is 5.25. The van der Waals surface area contributed by atoms with E-state index in [2.05, 4.69) is 13.8 Å². The van der Waals surface area contributed by atoms with E-state index in [9.17, 15) is 8.42 Å². The standard InChI is InChI=1S/C16H25ClO2S/c1-3-5-7-10-14-11-9-13-16(20(17,18)19)15(14)12-8-6-4-2/h9,11,13H,3-8,10,12H2,1-2H3. The third kappa shape index (κ3) is 5.45. The lowest BCUT2D eigenvalue weighted by Gasteiger charge is -2.13. The molecule has 0 N–H and O–H groups in total. The molecule has 114 valence electrons. The molecule has 0 aliphatic heterocycles. The average molecular weight is 317 g/mol. The molecular weight excluding hydrogens is 292 g/mol. The maximum absolute atomic E-state index is 11.7. The summed E-state index contributed by atoms with van der Waals surface area (Å²) in [5.41, 5.74) is 2.09. The SMILES string of the molecule is CCCCCc1cccc(S(=O)(=O)Cl)c1CCCCC. The molecule has 1 aromatic rings. The van der Waals surface area contributed by atoms with Crippen LogP contribution in [0, 0.1) is 0 Å². The van der Waals surface area contributed by atoms with Crippen LogP contribution in [0.2, 0.25) is 0 Å². The van der Waals surface area contributed by atoms with Crippen molar-refractivity contribution in [2.75, 3.05) is 0 Å². The van der Waals surface area contributed by atoms with Gasteiger partial charge in [-0.2, -0.15) is 0 Å². The van der Waals surface area contributed by atoms with Gasteiger partial charge in [0.2, 0.25) is 0 Å². The largest absolute Gasteiger partial charge is 0.261 e. The topological polar surface area (TPSA) is 34.1 Å². The van der Waals surface area contributed by atoms with Crippen LogP contribution >= 0.6 is 10.7 Å². The molecule has 0 saturated heterocycles. The predicted molar refractivity (Wildman–Crippen MR) is 85.9 cm³/mol. The van der Waals surface area contributed by atoms with Gasteiger partial charge in [-0.15, -0.1) is 0 Å². The Labute approximate surface area is 128 Å². The first-order valence-electron chi connectivity index (χ1n) is 7.56. The van der Waals surface area contributed by atoms with E-state index in [4.69, 9.17) is 10.7 Å². The van der Waals surface area contributed by atoms with E-state index in [1.807, 2.05) is 6.07 Å². The molecule has 0 aliphatic rings. The molecule has 0 bridgehead atoms. The summed E-state index contributed by atoms with van der Waals surface area (Å²) < 4.78 is 23.5. The van der Waals surface area contributed by atoms with Gasteiger partial charge in [0.25, 0.3) is 9.05 Å². The maximum atomic E-state index is 11.7. The van der Waals surface area contributed by atoms with Gasteiger partial charge in [-0.3, -0.25) is 0 Å². The first-order valence-corrected chi connectivity index (χ1v) is 9.87. The Bertz CT molecular complexity index is 509. The molecule has 0 atom stereocenters. The third-order valence-corrected chi connectivity index (χ3v) is 4.98. The highest BCUT2D eigenvalue weighted by molar-refractivity contribution is 8.13. The van der Waals surface area contributed by atoms with E-state index < -0.39 is 9.05 Å². The monoisotopic (exact) mass is 316 g/mol. The van der Waals surface area contributed by atoms with Gasteiger partial charge in [0.15, 0.2) is 0 Å². The predicted octanol–water partition coefficient (Wildman–Crippen LogP) is 5.08. The minimum absolute atomic E-state index is 0.310. The van der Waals surface area contributed by atoms with Gasteiger partial charge in [-0.25, -0.2) is 8.42 Å². The molecule has 1 aromatic carbocycles. The van der Waals surface area contributed by atoms with Crippen molar-refractivity contribution in [2.24, 2.45) is 0 Å². The number of halogens is 1. The summed E-state index contributed by atoms with van der Waals surface area (Å²) in [6, 6.07) is 5.48. The van der Waals surface area contributed by atoms with Gasteiger partial charge in [0.1, 0.15) is 0 Å². The van der Waals surface area contributed by atoms with Crippen LogP contribution in [0.25, 0.3) is 0 Å². The van der Waals surface area contributed by atoms with Crippen molar-refractivity contribution < 1.29 is 8.42 Å². The van der Waals surface area contributed by atoms with Crippen molar-refractivity contribution in [3.05, 3.63) is 29.3 Å². The summed E-state index contributed by atoms with van der Waals surface area (Å²) in [6.07, 6.45) is 8.44. The Hall–Kier alpha value is -0.540. The van der Waals surface area contributed by atoms with E-state index in [-0.39, 0.29) is 0 Å². The smallest absolute Gasteiger partial charge is 0.207 e.